The van der Waals surface area contributed by atoms with Gasteiger partial charge in [0.2, 0.25) is 5.95 Å². The molecule has 2 atom stereocenters. The fraction of sp³-hybridized carbons (Fsp3) is 0.692. The van der Waals surface area contributed by atoms with Gasteiger partial charge in [-0.25, -0.2) is 4.98 Å². The van der Waals surface area contributed by atoms with E-state index in [1.165, 1.54) is 19.4 Å². The third kappa shape index (κ3) is 2.14. The summed E-state index contributed by atoms with van der Waals surface area (Å²) in [6.07, 6.45) is 4.38. The second-order valence-electron chi connectivity index (χ2n) is 5.45. The lowest BCUT2D eigenvalue weighted by molar-refractivity contribution is 0.375. The molecule has 2 aliphatic rings. The minimum Gasteiger partial charge on any atom is -0.356 e. The lowest BCUT2D eigenvalue weighted by atomic mass is 9.93. The number of rotatable bonds is 2. The molecule has 1 aromatic heterocycles. The van der Waals surface area contributed by atoms with E-state index >= 15 is 0 Å². The maximum absolute atomic E-state index is 4.63. The number of hydrogen-bond acceptors (Lipinski definition) is 5. The fourth-order valence-corrected chi connectivity index (χ4v) is 2.99. The Hall–Kier alpha value is -1.36. The number of aromatic nitrogens is 2. The maximum Gasteiger partial charge on any atom is 0.226 e. The van der Waals surface area contributed by atoms with Crippen LogP contribution < -0.4 is 15.1 Å². The molecule has 2 unspecified atom stereocenters. The van der Waals surface area contributed by atoms with Gasteiger partial charge < -0.3 is 15.1 Å². The van der Waals surface area contributed by atoms with Crippen LogP contribution in [0.15, 0.2) is 12.3 Å². The molecular formula is C13H21N5. The normalized spacial score (nSPS) is 27.1. The highest BCUT2D eigenvalue weighted by Crippen LogP contribution is 2.27. The topological polar surface area (TPSA) is 44.3 Å². The number of nitrogens with zero attached hydrogens (tertiary/aromatic N) is 4. The molecule has 1 aromatic rings. The summed E-state index contributed by atoms with van der Waals surface area (Å²) in [5.74, 6) is 2.65. The van der Waals surface area contributed by atoms with E-state index in [0.717, 1.165) is 36.8 Å². The predicted molar refractivity (Wildman–Crippen MR) is 73.1 cm³/mol. The molecule has 18 heavy (non-hydrogen) atoms. The monoisotopic (exact) mass is 247 g/mol. The first kappa shape index (κ1) is 11.7. The smallest absolute Gasteiger partial charge is 0.226 e. The van der Waals surface area contributed by atoms with Crippen molar-refractivity contribution < 1.29 is 0 Å². The lowest BCUT2D eigenvalue weighted by Gasteiger charge is -2.35. The van der Waals surface area contributed by atoms with Crippen molar-refractivity contribution >= 4 is 11.8 Å². The van der Waals surface area contributed by atoms with E-state index in [2.05, 4.69) is 20.2 Å². The van der Waals surface area contributed by atoms with E-state index < -0.39 is 0 Å². The molecule has 2 saturated heterocycles. The highest BCUT2D eigenvalue weighted by Gasteiger charge is 2.33. The molecule has 2 fully saturated rings. The van der Waals surface area contributed by atoms with Gasteiger partial charge in [-0.1, -0.05) is 0 Å². The highest BCUT2D eigenvalue weighted by atomic mass is 15.3. The molecule has 0 aliphatic carbocycles. The predicted octanol–water partition coefficient (Wildman–Crippen LogP) is 0.731. The van der Waals surface area contributed by atoms with Gasteiger partial charge in [-0.15, -0.1) is 0 Å². The van der Waals surface area contributed by atoms with Gasteiger partial charge in [0, 0.05) is 39.4 Å². The third-order valence-electron chi connectivity index (χ3n) is 4.01. The zero-order chi connectivity index (χ0) is 12.5. The van der Waals surface area contributed by atoms with Gasteiger partial charge in [0.25, 0.3) is 0 Å². The van der Waals surface area contributed by atoms with Crippen molar-refractivity contribution in [1.29, 1.82) is 0 Å². The van der Waals surface area contributed by atoms with Gasteiger partial charge >= 0.3 is 0 Å². The van der Waals surface area contributed by atoms with Crippen molar-refractivity contribution in [2.45, 2.75) is 18.9 Å². The molecular weight excluding hydrogens is 226 g/mol. The molecule has 0 amide bonds. The van der Waals surface area contributed by atoms with Crippen molar-refractivity contribution in [3.05, 3.63) is 12.3 Å². The van der Waals surface area contributed by atoms with Crippen molar-refractivity contribution in [2.75, 3.05) is 43.5 Å². The van der Waals surface area contributed by atoms with Crippen molar-refractivity contribution in [1.82, 2.24) is 15.3 Å². The minimum absolute atomic E-state index is 0.733. The Morgan fingerprint density at radius 3 is 3.11 bits per heavy atom. The second kappa shape index (κ2) is 4.72. The van der Waals surface area contributed by atoms with Crippen LogP contribution in [0.1, 0.15) is 12.8 Å². The molecule has 3 rings (SSSR count). The summed E-state index contributed by atoms with van der Waals surface area (Å²) in [5.41, 5.74) is 0. The molecule has 5 heteroatoms. The molecule has 3 heterocycles. The number of nitrogens with one attached hydrogen (secondary N) is 1. The van der Waals surface area contributed by atoms with Crippen molar-refractivity contribution in [3.8, 4) is 0 Å². The number of anilines is 2. The van der Waals surface area contributed by atoms with E-state index in [1.807, 2.05) is 31.3 Å². The van der Waals surface area contributed by atoms with Gasteiger partial charge in [-0.05, 0) is 31.4 Å². The van der Waals surface area contributed by atoms with Gasteiger partial charge in [-0.3, -0.25) is 0 Å². The van der Waals surface area contributed by atoms with E-state index in [0.29, 0.717) is 0 Å². The van der Waals surface area contributed by atoms with Crippen LogP contribution in [0.4, 0.5) is 11.8 Å². The first-order chi connectivity index (χ1) is 8.74. The first-order valence-electron chi connectivity index (χ1n) is 6.73. The summed E-state index contributed by atoms with van der Waals surface area (Å²) in [4.78, 5) is 13.3. The quantitative estimate of drug-likeness (QED) is 0.834. The van der Waals surface area contributed by atoms with Crippen LogP contribution in [0, 0.1) is 5.92 Å². The zero-order valence-electron chi connectivity index (χ0n) is 11.1. The average Bonchev–Trinajstić information content (AvgIpc) is 2.86. The molecule has 0 aromatic carbocycles. The van der Waals surface area contributed by atoms with Crippen molar-refractivity contribution in [2.24, 2.45) is 5.92 Å². The van der Waals surface area contributed by atoms with Gasteiger partial charge in [0.05, 0.1) is 0 Å². The summed E-state index contributed by atoms with van der Waals surface area (Å²) in [7, 11) is 3.96. The van der Waals surface area contributed by atoms with Crippen LogP contribution in [0.3, 0.4) is 0 Å². The Balaban J connectivity index is 1.76. The van der Waals surface area contributed by atoms with E-state index in [4.69, 9.17) is 0 Å². The molecule has 0 radical (unpaired) electrons. The summed E-state index contributed by atoms with van der Waals surface area (Å²) < 4.78 is 0. The molecule has 1 N–H and O–H groups in total. The Labute approximate surface area is 108 Å². The summed E-state index contributed by atoms with van der Waals surface area (Å²) in [6, 6.07) is 2.76. The largest absolute Gasteiger partial charge is 0.356 e. The Morgan fingerprint density at radius 2 is 2.28 bits per heavy atom. The molecule has 2 aliphatic heterocycles. The highest BCUT2D eigenvalue weighted by molar-refractivity contribution is 5.43. The Kier molecular flexibility index (Phi) is 3.07. The Bertz CT molecular complexity index is 420. The van der Waals surface area contributed by atoms with Gasteiger partial charge in [-0.2, -0.15) is 4.98 Å². The minimum atomic E-state index is 0.733. The lowest BCUT2D eigenvalue weighted by Crippen LogP contribution is -2.44. The molecule has 5 nitrogen and oxygen atoms in total. The van der Waals surface area contributed by atoms with Crippen LogP contribution in [-0.4, -0.2) is 49.7 Å². The van der Waals surface area contributed by atoms with Crippen LogP contribution in [0.25, 0.3) is 0 Å². The van der Waals surface area contributed by atoms with Crippen LogP contribution in [0.5, 0.6) is 0 Å². The van der Waals surface area contributed by atoms with Crippen LogP contribution in [-0.2, 0) is 0 Å². The standard InChI is InChI=1S/C13H21N5/c1-17(2)13-15-7-4-12(16-13)18-8-5-11-10(9-18)3-6-14-11/h4,7,10-11,14H,3,5-6,8-9H2,1-2H3. The third-order valence-corrected chi connectivity index (χ3v) is 4.01. The molecule has 0 spiro atoms. The molecule has 0 saturated carbocycles. The van der Waals surface area contributed by atoms with Gasteiger partial charge in [0.15, 0.2) is 0 Å². The molecule has 98 valence electrons. The molecule has 0 bridgehead atoms. The summed E-state index contributed by atoms with van der Waals surface area (Å²) in [5, 5.41) is 3.59. The SMILES string of the molecule is CN(C)c1nccc(N2CCC3NCCC3C2)n1. The van der Waals surface area contributed by atoms with E-state index in [9.17, 15) is 0 Å². The summed E-state index contributed by atoms with van der Waals surface area (Å²) >= 11 is 0. The second-order valence-corrected chi connectivity index (χ2v) is 5.45. The van der Waals surface area contributed by atoms with E-state index in [-0.39, 0.29) is 0 Å². The fourth-order valence-electron chi connectivity index (χ4n) is 2.99. The number of fused-ring (bicyclic) bond motifs is 1. The van der Waals surface area contributed by atoms with E-state index in [1.54, 1.807) is 0 Å². The maximum atomic E-state index is 4.63. The zero-order valence-corrected chi connectivity index (χ0v) is 11.1. The Morgan fingerprint density at radius 1 is 1.39 bits per heavy atom. The average molecular weight is 247 g/mol. The van der Waals surface area contributed by atoms with Crippen molar-refractivity contribution in [3.63, 3.8) is 0 Å². The van der Waals surface area contributed by atoms with Crippen LogP contribution in [0.2, 0.25) is 0 Å². The summed E-state index contributed by atoms with van der Waals surface area (Å²) in [6.45, 7) is 3.40. The van der Waals surface area contributed by atoms with Gasteiger partial charge in [0.1, 0.15) is 5.82 Å². The number of hydrogen-bond donors (Lipinski definition) is 1. The van der Waals surface area contributed by atoms with Crippen LogP contribution >= 0.6 is 0 Å². The number of piperidine rings is 1. The first-order valence-corrected chi connectivity index (χ1v) is 6.73.